The maximum Gasteiger partial charge on any atom is 0.343 e. The number of halogens is 1. The fourth-order valence-electron chi connectivity index (χ4n) is 2.07. The van der Waals surface area contributed by atoms with E-state index in [0.29, 0.717) is 28.3 Å². The summed E-state index contributed by atoms with van der Waals surface area (Å²) < 4.78 is 16.7. The summed E-state index contributed by atoms with van der Waals surface area (Å²) in [5.41, 5.74) is 0.547. The Morgan fingerprint density at radius 3 is 2.35 bits per heavy atom. The summed E-state index contributed by atoms with van der Waals surface area (Å²) >= 11 is 3.30. The summed E-state index contributed by atoms with van der Waals surface area (Å²) in [5.74, 6) is 0.142. The van der Waals surface area contributed by atoms with Crippen LogP contribution >= 0.6 is 15.9 Å². The minimum absolute atomic E-state index is 0.150. The van der Waals surface area contributed by atoms with Crippen LogP contribution in [0.15, 0.2) is 46.9 Å². The molecule has 2 aromatic rings. The quantitative estimate of drug-likeness (QED) is 0.471. The number of ether oxygens (including phenoxy) is 3. The molecule has 0 aliphatic heterocycles. The van der Waals surface area contributed by atoms with Gasteiger partial charge in [-0.15, -0.1) is 0 Å². The third-order valence-corrected chi connectivity index (χ3v) is 3.81. The van der Waals surface area contributed by atoms with E-state index < -0.39 is 11.9 Å². The standard InChI is InChI=1S/C20H21BrO5/c1-4-24-20(23)17-11-15(21)7-10-18(17)26-19(22)14-5-8-16(9-6-14)25-12-13(2)3/h5-11,13H,4,12H2,1-3H3. The lowest BCUT2D eigenvalue weighted by molar-refractivity contribution is 0.0520. The van der Waals surface area contributed by atoms with Crippen LogP contribution in [0.2, 0.25) is 0 Å². The van der Waals surface area contributed by atoms with Crippen molar-refractivity contribution in [2.24, 2.45) is 5.92 Å². The van der Waals surface area contributed by atoms with Crippen LogP contribution in [0.3, 0.4) is 0 Å². The highest BCUT2D eigenvalue weighted by Gasteiger charge is 2.18. The molecule has 0 saturated carbocycles. The highest BCUT2D eigenvalue weighted by atomic mass is 79.9. The number of hydrogen-bond acceptors (Lipinski definition) is 5. The third kappa shape index (κ3) is 5.59. The zero-order chi connectivity index (χ0) is 19.1. The average molecular weight is 421 g/mol. The second kappa shape index (κ2) is 9.38. The molecule has 0 radical (unpaired) electrons. The van der Waals surface area contributed by atoms with E-state index in [1.165, 1.54) is 0 Å². The topological polar surface area (TPSA) is 61.8 Å². The van der Waals surface area contributed by atoms with E-state index in [2.05, 4.69) is 29.8 Å². The molecule has 0 bridgehead atoms. The molecule has 0 N–H and O–H groups in total. The molecule has 138 valence electrons. The lowest BCUT2D eigenvalue weighted by Crippen LogP contribution is -2.13. The Bertz CT molecular complexity index is 768. The third-order valence-electron chi connectivity index (χ3n) is 3.31. The first-order valence-corrected chi connectivity index (χ1v) is 9.11. The van der Waals surface area contributed by atoms with Crippen LogP contribution in [-0.2, 0) is 4.74 Å². The van der Waals surface area contributed by atoms with E-state index in [4.69, 9.17) is 14.2 Å². The number of carbonyl (C=O) groups is 2. The molecule has 0 spiro atoms. The van der Waals surface area contributed by atoms with Gasteiger partial charge in [-0.3, -0.25) is 0 Å². The zero-order valence-corrected chi connectivity index (χ0v) is 16.5. The maximum absolute atomic E-state index is 12.4. The van der Waals surface area contributed by atoms with Gasteiger partial charge in [-0.1, -0.05) is 29.8 Å². The Morgan fingerprint density at radius 2 is 1.73 bits per heavy atom. The molecule has 0 aromatic heterocycles. The van der Waals surface area contributed by atoms with Gasteiger partial charge in [0.1, 0.15) is 17.1 Å². The normalized spacial score (nSPS) is 10.5. The minimum Gasteiger partial charge on any atom is -0.493 e. The van der Waals surface area contributed by atoms with E-state index in [1.807, 2.05) is 0 Å². The van der Waals surface area contributed by atoms with Crippen molar-refractivity contribution in [2.45, 2.75) is 20.8 Å². The van der Waals surface area contributed by atoms with Gasteiger partial charge in [0, 0.05) is 4.47 Å². The van der Waals surface area contributed by atoms with Gasteiger partial charge in [0.15, 0.2) is 0 Å². The summed E-state index contributed by atoms with van der Waals surface area (Å²) in [7, 11) is 0. The van der Waals surface area contributed by atoms with Crippen molar-refractivity contribution in [1.82, 2.24) is 0 Å². The highest BCUT2D eigenvalue weighted by Crippen LogP contribution is 2.25. The molecule has 0 aliphatic rings. The molecule has 0 unspecified atom stereocenters. The first-order chi connectivity index (χ1) is 12.4. The van der Waals surface area contributed by atoms with Gasteiger partial charge in [0.05, 0.1) is 18.8 Å². The molecule has 0 aliphatic carbocycles. The van der Waals surface area contributed by atoms with E-state index >= 15 is 0 Å². The Balaban J connectivity index is 2.13. The SMILES string of the molecule is CCOC(=O)c1cc(Br)ccc1OC(=O)c1ccc(OCC(C)C)cc1. The summed E-state index contributed by atoms with van der Waals surface area (Å²) in [4.78, 5) is 24.4. The first kappa shape index (κ1) is 20.0. The van der Waals surface area contributed by atoms with Crippen LogP contribution in [-0.4, -0.2) is 25.2 Å². The minimum atomic E-state index is -0.562. The van der Waals surface area contributed by atoms with Gasteiger partial charge in [-0.2, -0.15) is 0 Å². The number of benzene rings is 2. The van der Waals surface area contributed by atoms with Crippen LogP contribution in [0, 0.1) is 5.92 Å². The van der Waals surface area contributed by atoms with Gasteiger partial charge < -0.3 is 14.2 Å². The van der Waals surface area contributed by atoms with Crippen LogP contribution in [0.4, 0.5) is 0 Å². The van der Waals surface area contributed by atoms with Crippen molar-refractivity contribution >= 4 is 27.9 Å². The van der Waals surface area contributed by atoms with Gasteiger partial charge in [-0.25, -0.2) is 9.59 Å². The molecular weight excluding hydrogens is 400 g/mol. The summed E-state index contributed by atoms with van der Waals surface area (Å²) in [5, 5.41) is 0. The zero-order valence-electron chi connectivity index (χ0n) is 15.0. The Morgan fingerprint density at radius 1 is 1.04 bits per heavy atom. The summed E-state index contributed by atoms with van der Waals surface area (Å²) in [6.07, 6.45) is 0. The van der Waals surface area contributed by atoms with E-state index in [1.54, 1.807) is 49.4 Å². The lowest BCUT2D eigenvalue weighted by atomic mass is 10.2. The Kier molecular flexibility index (Phi) is 7.21. The van der Waals surface area contributed by atoms with Gasteiger partial charge in [0.25, 0.3) is 0 Å². The molecule has 2 aromatic carbocycles. The highest BCUT2D eigenvalue weighted by molar-refractivity contribution is 9.10. The number of esters is 2. The van der Waals surface area contributed by atoms with Gasteiger partial charge in [0.2, 0.25) is 0 Å². The lowest BCUT2D eigenvalue weighted by Gasteiger charge is -2.11. The van der Waals surface area contributed by atoms with E-state index in [9.17, 15) is 9.59 Å². The van der Waals surface area contributed by atoms with Crippen molar-refractivity contribution in [2.75, 3.05) is 13.2 Å². The Hall–Kier alpha value is -2.34. The number of carbonyl (C=O) groups excluding carboxylic acids is 2. The predicted molar refractivity (Wildman–Crippen MR) is 102 cm³/mol. The molecule has 0 heterocycles. The fraction of sp³-hybridized carbons (Fsp3) is 0.300. The molecule has 0 saturated heterocycles. The second-order valence-corrected chi connectivity index (χ2v) is 6.90. The Labute approximate surface area is 161 Å². The van der Waals surface area contributed by atoms with Crippen molar-refractivity contribution in [1.29, 1.82) is 0 Å². The molecular formula is C20H21BrO5. The molecule has 6 heteroatoms. The molecule has 0 fully saturated rings. The average Bonchev–Trinajstić information content (AvgIpc) is 2.62. The van der Waals surface area contributed by atoms with Crippen molar-refractivity contribution in [3.8, 4) is 11.5 Å². The van der Waals surface area contributed by atoms with Crippen LogP contribution in [0.25, 0.3) is 0 Å². The van der Waals surface area contributed by atoms with E-state index in [-0.39, 0.29) is 17.9 Å². The first-order valence-electron chi connectivity index (χ1n) is 8.32. The number of rotatable bonds is 7. The molecule has 0 amide bonds. The van der Waals surface area contributed by atoms with Crippen molar-refractivity contribution in [3.05, 3.63) is 58.1 Å². The van der Waals surface area contributed by atoms with Gasteiger partial charge in [-0.05, 0) is 55.3 Å². The summed E-state index contributed by atoms with van der Waals surface area (Å²) in [6.45, 7) is 6.67. The molecule has 26 heavy (non-hydrogen) atoms. The van der Waals surface area contributed by atoms with E-state index in [0.717, 1.165) is 0 Å². The predicted octanol–water partition coefficient (Wildman–Crippen LogP) is 4.88. The van der Waals surface area contributed by atoms with Crippen LogP contribution in [0.5, 0.6) is 11.5 Å². The largest absolute Gasteiger partial charge is 0.493 e. The van der Waals surface area contributed by atoms with Crippen LogP contribution < -0.4 is 9.47 Å². The van der Waals surface area contributed by atoms with Gasteiger partial charge >= 0.3 is 11.9 Å². The van der Waals surface area contributed by atoms with Crippen molar-refractivity contribution < 1.29 is 23.8 Å². The molecule has 5 nitrogen and oxygen atoms in total. The smallest absolute Gasteiger partial charge is 0.343 e. The van der Waals surface area contributed by atoms with Crippen LogP contribution in [0.1, 0.15) is 41.5 Å². The second-order valence-electron chi connectivity index (χ2n) is 5.98. The maximum atomic E-state index is 12.4. The summed E-state index contributed by atoms with van der Waals surface area (Å²) in [6, 6.07) is 11.5. The van der Waals surface area contributed by atoms with Crippen molar-refractivity contribution in [3.63, 3.8) is 0 Å². The monoisotopic (exact) mass is 420 g/mol. The molecule has 2 rings (SSSR count). The molecule has 0 atom stereocenters. The number of hydrogen-bond donors (Lipinski definition) is 0. The fourth-order valence-corrected chi connectivity index (χ4v) is 2.43.